The van der Waals surface area contributed by atoms with Crippen LogP contribution in [0.25, 0.3) is 0 Å². The van der Waals surface area contributed by atoms with Crippen LogP contribution in [0, 0.1) is 0 Å². The summed E-state index contributed by atoms with van der Waals surface area (Å²) in [5, 5.41) is 0. The molecule has 0 aromatic carbocycles. The predicted octanol–water partition coefficient (Wildman–Crippen LogP) is 1.58. The van der Waals surface area contributed by atoms with Crippen molar-refractivity contribution in [2.75, 3.05) is 46.8 Å². The van der Waals surface area contributed by atoms with Crippen LogP contribution in [0.1, 0.15) is 34.1 Å². The zero-order chi connectivity index (χ0) is 17.2. The van der Waals surface area contributed by atoms with Gasteiger partial charge in [-0.15, -0.1) is 0 Å². The van der Waals surface area contributed by atoms with Gasteiger partial charge < -0.3 is 23.7 Å². The van der Waals surface area contributed by atoms with E-state index >= 15 is 0 Å². The number of ether oxygens (including phenoxy) is 5. The van der Waals surface area contributed by atoms with Crippen molar-refractivity contribution in [2.24, 2.45) is 0 Å². The minimum Gasteiger partial charge on any atom is -0.463 e. The van der Waals surface area contributed by atoms with Gasteiger partial charge in [0, 0.05) is 27.6 Å². The van der Waals surface area contributed by atoms with E-state index in [1.54, 1.807) is 7.11 Å². The molecule has 7 nitrogen and oxygen atoms in total. The smallest absolute Gasteiger partial charge is 0.302 e. The number of rotatable bonds is 11. The Bertz CT molecular complexity index is 265. The predicted molar refractivity (Wildman–Crippen MR) is 81.7 cm³/mol. The molecule has 0 aromatic rings. The van der Waals surface area contributed by atoms with Crippen molar-refractivity contribution in [3.63, 3.8) is 0 Å². The average Bonchev–Trinajstić information content (AvgIpc) is 2.47. The first kappa shape index (κ1) is 23.1. The summed E-state index contributed by atoms with van der Waals surface area (Å²) in [4.78, 5) is 20.6. The van der Waals surface area contributed by atoms with E-state index in [1.807, 2.05) is 13.8 Å². The largest absolute Gasteiger partial charge is 0.463 e. The lowest BCUT2D eigenvalue weighted by atomic mass is 10.3. The Morgan fingerprint density at radius 2 is 1.41 bits per heavy atom. The van der Waals surface area contributed by atoms with Crippen molar-refractivity contribution < 1.29 is 33.3 Å². The van der Waals surface area contributed by atoms with Gasteiger partial charge in [0.25, 0.3) is 0 Å². The fraction of sp³-hybridized carbons (Fsp3) is 0.867. The highest BCUT2D eigenvalue weighted by molar-refractivity contribution is 5.66. The molecule has 0 fully saturated rings. The Morgan fingerprint density at radius 3 is 1.86 bits per heavy atom. The van der Waals surface area contributed by atoms with E-state index in [2.05, 4.69) is 4.74 Å². The topological polar surface area (TPSA) is 80.3 Å². The molecule has 0 spiro atoms. The standard InChI is InChI=1S/C8H16O4.C7H14O3/c1-3-10-4-5-11-6-7-12-8(2)9;1-4-7(9-3)5-10-6(2)8/h3-7H2,1-2H3;7H,4-5H2,1-3H3. The SMILES string of the molecule is CCC(COC(C)=O)OC.CCOCCOCCOC(C)=O. The fourth-order valence-corrected chi connectivity index (χ4v) is 1.17. The molecule has 132 valence electrons. The zero-order valence-electron chi connectivity index (χ0n) is 14.4. The monoisotopic (exact) mass is 322 g/mol. The van der Waals surface area contributed by atoms with Gasteiger partial charge in [0.15, 0.2) is 0 Å². The van der Waals surface area contributed by atoms with Gasteiger partial charge in [-0.25, -0.2) is 0 Å². The maximum absolute atomic E-state index is 10.3. The van der Waals surface area contributed by atoms with Crippen LogP contribution in [0.5, 0.6) is 0 Å². The van der Waals surface area contributed by atoms with Crippen molar-refractivity contribution in [3.05, 3.63) is 0 Å². The summed E-state index contributed by atoms with van der Waals surface area (Å²) < 4.78 is 24.5. The first-order valence-corrected chi connectivity index (χ1v) is 7.42. The third-order valence-electron chi connectivity index (χ3n) is 2.37. The number of esters is 2. The molecule has 0 rings (SSSR count). The molecule has 0 amide bonds. The van der Waals surface area contributed by atoms with Crippen molar-refractivity contribution in [1.82, 2.24) is 0 Å². The van der Waals surface area contributed by atoms with Crippen molar-refractivity contribution in [2.45, 2.75) is 40.2 Å². The lowest BCUT2D eigenvalue weighted by molar-refractivity contribution is -0.144. The van der Waals surface area contributed by atoms with Gasteiger partial charge in [0.2, 0.25) is 0 Å². The van der Waals surface area contributed by atoms with Crippen LogP contribution in [0.2, 0.25) is 0 Å². The normalized spacial score (nSPS) is 11.1. The van der Waals surface area contributed by atoms with Gasteiger partial charge in [-0.05, 0) is 13.3 Å². The molecular formula is C15H30O7. The molecule has 1 atom stereocenters. The van der Waals surface area contributed by atoms with Gasteiger partial charge in [-0.1, -0.05) is 6.92 Å². The Kier molecular flexibility index (Phi) is 18.8. The Labute approximate surface area is 133 Å². The van der Waals surface area contributed by atoms with E-state index in [0.29, 0.717) is 39.6 Å². The summed E-state index contributed by atoms with van der Waals surface area (Å²) in [5.74, 6) is -0.529. The van der Waals surface area contributed by atoms with Crippen molar-refractivity contribution in [3.8, 4) is 0 Å². The molecule has 0 saturated carbocycles. The van der Waals surface area contributed by atoms with E-state index in [4.69, 9.17) is 18.9 Å². The van der Waals surface area contributed by atoms with Crippen molar-refractivity contribution in [1.29, 1.82) is 0 Å². The summed E-state index contributed by atoms with van der Waals surface area (Å²) in [6, 6.07) is 0. The van der Waals surface area contributed by atoms with Crippen LogP contribution in [0.15, 0.2) is 0 Å². The van der Waals surface area contributed by atoms with Gasteiger partial charge in [-0.2, -0.15) is 0 Å². The van der Waals surface area contributed by atoms with Crippen LogP contribution < -0.4 is 0 Å². The lowest BCUT2D eigenvalue weighted by Crippen LogP contribution is -2.18. The van der Waals surface area contributed by atoms with Crippen molar-refractivity contribution >= 4 is 11.9 Å². The van der Waals surface area contributed by atoms with E-state index < -0.39 is 0 Å². The summed E-state index contributed by atoms with van der Waals surface area (Å²) in [6.07, 6.45) is 0.910. The van der Waals surface area contributed by atoms with Gasteiger partial charge in [0.05, 0.1) is 25.9 Å². The van der Waals surface area contributed by atoms with E-state index in [9.17, 15) is 9.59 Å². The summed E-state index contributed by atoms with van der Waals surface area (Å²) in [7, 11) is 1.61. The molecule has 0 aromatic heterocycles. The highest BCUT2D eigenvalue weighted by atomic mass is 16.6. The number of hydrogen-bond donors (Lipinski definition) is 0. The molecule has 1 unspecified atom stereocenters. The first-order valence-electron chi connectivity index (χ1n) is 7.42. The van der Waals surface area contributed by atoms with Crippen LogP contribution in [-0.2, 0) is 33.3 Å². The molecule has 0 bridgehead atoms. The Morgan fingerprint density at radius 1 is 0.864 bits per heavy atom. The molecule has 0 saturated heterocycles. The molecule has 0 N–H and O–H groups in total. The summed E-state index contributed by atoms with van der Waals surface area (Å²) in [6.45, 7) is 9.65. The van der Waals surface area contributed by atoms with Crippen LogP contribution >= 0.6 is 0 Å². The minimum absolute atomic E-state index is 0.0453. The number of carbonyl (C=O) groups is 2. The van der Waals surface area contributed by atoms with E-state index in [1.165, 1.54) is 13.8 Å². The number of carbonyl (C=O) groups excluding carboxylic acids is 2. The molecule has 0 aliphatic rings. The molecular weight excluding hydrogens is 292 g/mol. The van der Waals surface area contributed by atoms with Gasteiger partial charge in [-0.3, -0.25) is 9.59 Å². The summed E-state index contributed by atoms with van der Waals surface area (Å²) in [5.41, 5.74) is 0. The molecule has 0 aliphatic carbocycles. The Hall–Kier alpha value is -1.18. The quantitative estimate of drug-likeness (QED) is 0.422. The molecule has 7 heteroatoms. The number of hydrogen-bond acceptors (Lipinski definition) is 7. The van der Waals surface area contributed by atoms with E-state index in [0.717, 1.165) is 6.42 Å². The third kappa shape index (κ3) is 21.1. The average molecular weight is 322 g/mol. The maximum Gasteiger partial charge on any atom is 0.302 e. The third-order valence-corrected chi connectivity index (χ3v) is 2.37. The molecule has 0 heterocycles. The second kappa shape index (κ2) is 17.9. The molecule has 0 aliphatic heterocycles. The molecule has 0 radical (unpaired) electrons. The number of methoxy groups -OCH3 is 1. The van der Waals surface area contributed by atoms with E-state index in [-0.39, 0.29) is 18.0 Å². The van der Waals surface area contributed by atoms with Gasteiger partial charge in [0.1, 0.15) is 13.2 Å². The first-order chi connectivity index (χ1) is 10.5. The Balaban J connectivity index is 0. The lowest BCUT2D eigenvalue weighted by Gasteiger charge is -2.11. The van der Waals surface area contributed by atoms with Crippen LogP contribution in [0.3, 0.4) is 0 Å². The summed E-state index contributed by atoms with van der Waals surface area (Å²) >= 11 is 0. The highest BCUT2D eigenvalue weighted by Gasteiger charge is 2.04. The zero-order valence-corrected chi connectivity index (χ0v) is 14.4. The fourth-order valence-electron chi connectivity index (χ4n) is 1.17. The highest BCUT2D eigenvalue weighted by Crippen LogP contribution is 1.96. The minimum atomic E-state index is -0.275. The van der Waals surface area contributed by atoms with Gasteiger partial charge >= 0.3 is 11.9 Å². The van der Waals surface area contributed by atoms with Crippen LogP contribution in [-0.4, -0.2) is 64.8 Å². The molecule has 22 heavy (non-hydrogen) atoms. The van der Waals surface area contributed by atoms with Crippen LogP contribution in [0.4, 0.5) is 0 Å². The second-order valence-corrected chi connectivity index (χ2v) is 4.22. The maximum atomic E-state index is 10.3. The second-order valence-electron chi connectivity index (χ2n) is 4.22.